The number of hydrogen-bond donors (Lipinski definition) is 0. The number of aliphatic imine (C=N–C) groups is 1. The molecule has 1 aliphatic carbocycles. The molecule has 0 amide bonds. The number of thioether (sulfide) groups is 1. The summed E-state index contributed by atoms with van der Waals surface area (Å²) in [6, 6.07) is 12.4. The molecular formula is C24H28ClNOS. The molecule has 4 heteroatoms. The molecule has 1 atom stereocenters. The summed E-state index contributed by atoms with van der Waals surface area (Å²) in [5.41, 5.74) is 7.76. The molecule has 1 saturated carbocycles. The first-order chi connectivity index (χ1) is 13.4. The molecule has 2 aromatic carbocycles. The van der Waals surface area contributed by atoms with E-state index in [1.807, 2.05) is 36.0 Å². The van der Waals surface area contributed by atoms with E-state index in [0.29, 0.717) is 18.6 Å². The van der Waals surface area contributed by atoms with E-state index in [-0.39, 0.29) is 5.92 Å². The number of Topliss-reactive ketones (excluding diaryl/α,β-unsaturated/α-hetero) is 1. The number of nitrogens with zero attached hydrogens (tertiary/aromatic N) is 1. The van der Waals surface area contributed by atoms with Crippen LogP contribution in [0.3, 0.4) is 0 Å². The van der Waals surface area contributed by atoms with Crippen molar-refractivity contribution in [3.05, 3.63) is 69.2 Å². The molecule has 28 heavy (non-hydrogen) atoms. The van der Waals surface area contributed by atoms with Crippen LogP contribution in [0.1, 0.15) is 53.0 Å². The second-order valence-electron chi connectivity index (χ2n) is 7.75. The minimum atomic E-state index is 0.239. The Hall–Kier alpha value is -1.58. The van der Waals surface area contributed by atoms with Crippen LogP contribution in [0.2, 0.25) is 5.02 Å². The van der Waals surface area contributed by atoms with Gasteiger partial charge in [0.25, 0.3) is 0 Å². The Morgan fingerprint density at radius 3 is 2.43 bits per heavy atom. The molecule has 0 aliphatic heterocycles. The zero-order valence-corrected chi connectivity index (χ0v) is 18.5. The number of rotatable bonds is 6. The van der Waals surface area contributed by atoms with Gasteiger partial charge in [0.15, 0.2) is 0 Å². The number of ketones is 1. The lowest BCUT2D eigenvalue weighted by molar-refractivity contribution is -0.118. The molecule has 3 rings (SSSR count). The van der Waals surface area contributed by atoms with E-state index in [0.717, 1.165) is 35.2 Å². The van der Waals surface area contributed by atoms with Gasteiger partial charge in [0.2, 0.25) is 0 Å². The average molecular weight is 414 g/mol. The van der Waals surface area contributed by atoms with E-state index in [4.69, 9.17) is 16.6 Å². The predicted molar refractivity (Wildman–Crippen MR) is 122 cm³/mol. The Morgan fingerprint density at radius 2 is 1.75 bits per heavy atom. The quantitative estimate of drug-likeness (QED) is 0.507. The van der Waals surface area contributed by atoms with Gasteiger partial charge in [-0.2, -0.15) is 11.8 Å². The summed E-state index contributed by atoms with van der Waals surface area (Å²) >= 11 is 7.91. The van der Waals surface area contributed by atoms with Crippen molar-refractivity contribution in [1.29, 1.82) is 0 Å². The smallest absolute Gasteiger partial charge is 0.139 e. The third kappa shape index (κ3) is 5.71. The van der Waals surface area contributed by atoms with Gasteiger partial charge in [-0.25, -0.2) is 0 Å². The van der Waals surface area contributed by atoms with Gasteiger partial charge in [0, 0.05) is 41.6 Å². The van der Waals surface area contributed by atoms with Gasteiger partial charge in [-0.15, -0.1) is 0 Å². The van der Waals surface area contributed by atoms with E-state index < -0.39 is 0 Å². The van der Waals surface area contributed by atoms with Crippen LogP contribution >= 0.6 is 23.4 Å². The summed E-state index contributed by atoms with van der Waals surface area (Å²) in [6.07, 6.45) is 2.01. The first kappa shape index (κ1) is 21.1. The highest BCUT2D eigenvalue weighted by Gasteiger charge is 2.25. The lowest BCUT2D eigenvalue weighted by atomic mass is 9.82. The lowest BCUT2D eigenvalue weighted by Gasteiger charge is -2.23. The molecule has 148 valence electrons. The number of aryl methyl sites for hydroxylation is 3. The first-order valence-electron chi connectivity index (χ1n) is 9.86. The van der Waals surface area contributed by atoms with Crippen molar-refractivity contribution in [2.24, 2.45) is 4.99 Å². The van der Waals surface area contributed by atoms with Crippen LogP contribution < -0.4 is 0 Å². The molecule has 1 fully saturated rings. The SMILES string of the molecule is Cc1cc(C)c(CSCCN=C2CC(=O)C[C@H](c3ccc(Cl)cc3)C2)c(C)c1. The second-order valence-corrected chi connectivity index (χ2v) is 9.29. The molecule has 0 saturated heterocycles. The highest BCUT2D eigenvalue weighted by molar-refractivity contribution is 7.98. The Kier molecular flexibility index (Phi) is 7.36. The minimum Gasteiger partial charge on any atom is -0.299 e. The monoisotopic (exact) mass is 413 g/mol. The van der Waals surface area contributed by atoms with Gasteiger partial charge in [-0.3, -0.25) is 9.79 Å². The van der Waals surface area contributed by atoms with Crippen molar-refractivity contribution in [2.75, 3.05) is 12.3 Å². The fraction of sp³-hybridized carbons (Fsp3) is 0.417. The average Bonchev–Trinajstić information content (AvgIpc) is 2.63. The summed E-state index contributed by atoms with van der Waals surface area (Å²) < 4.78 is 0. The molecule has 2 aromatic rings. The molecule has 0 radical (unpaired) electrons. The predicted octanol–water partition coefficient (Wildman–Crippen LogP) is 6.48. The normalized spacial score (nSPS) is 18.6. The lowest BCUT2D eigenvalue weighted by Crippen LogP contribution is -2.22. The van der Waals surface area contributed by atoms with E-state index in [1.165, 1.54) is 27.8 Å². The van der Waals surface area contributed by atoms with Gasteiger partial charge in [0.1, 0.15) is 5.78 Å². The Morgan fingerprint density at radius 1 is 1.07 bits per heavy atom. The summed E-state index contributed by atoms with van der Waals surface area (Å²) in [5, 5.41) is 0.732. The molecule has 0 N–H and O–H groups in total. The summed E-state index contributed by atoms with van der Waals surface area (Å²) in [7, 11) is 0. The fourth-order valence-corrected chi connectivity index (χ4v) is 5.12. The third-order valence-corrected chi connectivity index (χ3v) is 6.57. The van der Waals surface area contributed by atoms with Crippen molar-refractivity contribution >= 4 is 34.9 Å². The number of benzene rings is 2. The van der Waals surface area contributed by atoms with Crippen molar-refractivity contribution in [3.8, 4) is 0 Å². The standard InChI is InChI=1S/C24H28ClNOS/c1-16-10-17(2)24(18(3)11-16)15-28-9-8-26-22-12-20(13-23(27)14-22)19-4-6-21(25)7-5-19/h4-7,10-11,20H,8-9,12-15H2,1-3H3/t20-/m1/s1. The fourth-order valence-electron chi connectivity index (χ4n) is 3.97. The van der Waals surface area contributed by atoms with Crippen LogP contribution in [0.5, 0.6) is 0 Å². The molecule has 0 heterocycles. The third-order valence-electron chi connectivity index (χ3n) is 5.36. The van der Waals surface area contributed by atoms with Crippen LogP contribution in [-0.2, 0) is 10.5 Å². The molecule has 0 bridgehead atoms. The van der Waals surface area contributed by atoms with Crippen LogP contribution in [-0.4, -0.2) is 23.8 Å². The number of carbonyl (C=O) groups is 1. The zero-order chi connectivity index (χ0) is 20.1. The number of halogens is 1. The van der Waals surface area contributed by atoms with Crippen molar-refractivity contribution in [2.45, 2.75) is 51.7 Å². The van der Waals surface area contributed by atoms with E-state index in [9.17, 15) is 4.79 Å². The van der Waals surface area contributed by atoms with Gasteiger partial charge in [0.05, 0.1) is 0 Å². The first-order valence-corrected chi connectivity index (χ1v) is 11.4. The topological polar surface area (TPSA) is 29.4 Å². The molecule has 2 nitrogen and oxygen atoms in total. The van der Waals surface area contributed by atoms with E-state index in [1.54, 1.807) is 0 Å². The zero-order valence-electron chi connectivity index (χ0n) is 16.9. The molecule has 0 spiro atoms. The van der Waals surface area contributed by atoms with Crippen LogP contribution in [0.4, 0.5) is 0 Å². The van der Waals surface area contributed by atoms with Crippen molar-refractivity contribution in [3.63, 3.8) is 0 Å². The van der Waals surface area contributed by atoms with Gasteiger partial charge in [-0.1, -0.05) is 41.4 Å². The summed E-state index contributed by atoms with van der Waals surface area (Å²) in [6.45, 7) is 7.32. The molecular weight excluding hydrogens is 386 g/mol. The maximum absolute atomic E-state index is 12.2. The highest BCUT2D eigenvalue weighted by Crippen LogP contribution is 2.30. The summed E-state index contributed by atoms with van der Waals surface area (Å²) in [5.74, 6) is 2.54. The summed E-state index contributed by atoms with van der Waals surface area (Å²) in [4.78, 5) is 17.0. The van der Waals surface area contributed by atoms with Crippen LogP contribution in [0.15, 0.2) is 41.4 Å². The van der Waals surface area contributed by atoms with E-state index in [2.05, 4.69) is 32.9 Å². The second kappa shape index (κ2) is 9.76. The molecule has 0 unspecified atom stereocenters. The Balaban J connectivity index is 1.52. The maximum Gasteiger partial charge on any atom is 0.139 e. The maximum atomic E-state index is 12.2. The van der Waals surface area contributed by atoms with Crippen LogP contribution in [0.25, 0.3) is 0 Å². The minimum absolute atomic E-state index is 0.239. The van der Waals surface area contributed by atoms with Gasteiger partial charge in [-0.05, 0) is 67.5 Å². The number of hydrogen-bond acceptors (Lipinski definition) is 3. The Bertz CT molecular complexity index is 850. The molecule has 0 aromatic heterocycles. The number of carbonyl (C=O) groups excluding carboxylic acids is 1. The Labute approximate surface area is 177 Å². The largest absolute Gasteiger partial charge is 0.299 e. The van der Waals surface area contributed by atoms with Crippen molar-refractivity contribution < 1.29 is 4.79 Å². The highest BCUT2D eigenvalue weighted by atomic mass is 35.5. The molecule has 1 aliphatic rings. The van der Waals surface area contributed by atoms with Crippen LogP contribution in [0, 0.1) is 20.8 Å². The van der Waals surface area contributed by atoms with Gasteiger partial charge >= 0.3 is 0 Å². The van der Waals surface area contributed by atoms with E-state index >= 15 is 0 Å². The van der Waals surface area contributed by atoms with Crippen molar-refractivity contribution in [1.82, 2.24) is 0 Å². The van der Waals surface area contributed by atoms with Gasteiger partial charge < -0.3 is 0 Å².